The average molecular weight is 365 g/mol. The lowest BCUT2D eigenvalue weighted by atomic mass is 10.0. The molecular formula is C17H24N3O2PS. The van der Waals surface area contributed by atoms with Gasteiger partial charge in [0.1, 0.15) is 6.61 Å². The Kier molecular flexibility index (Phi) is 8.16. The molecule has 2 aromatic rings. The summed E-state index contributed by atoms with van der Waals surface area (Å²) in [5.74, 6) is 0. The van der Waals surface area contributed by atoms with Crippen LogP contribution in [0, 0.1) is 0 Å². The summed E-state index contributed by atoms with van der Waals surface area (Å²) in [5.41, 5.74) is 9.16. The third kappa shape index (κ3) is 6.95. The van der Waals surface area contributed by atoms with Crippen molar-refractivity contribution >= 4 is 26.7 Å². The largest absolute Gasteiger partial charge is 0.444 e. The number of amides is 1. The maximum absolute atomic E-state index is 11.9. The number of nitrogens with one attached hydrogen (secondary N) is 1. The number of alkyl carbamates (subject to hydrolysis) is 1. The van der Waals surface area contributed by atoms with Gasteiger partial charge in [-0.15, -0.1) is 20.6 Å². The number of hydrogen-bond donors (Lipinski definition) is 2. The second-order valence-electron chi connectivity index (χ2n) is 5.65. The molecule has 2 rings (SSSR count). The topological polar surface area (TPSA) is 77.2 Å². The van der Waals surface area contributed by atoms with Crippen LogP contribution in [0.2, 0.25) is 0 Å². The summed E-state index contributed by atoms with van der Waals surface area (Å²) in [6.07, 6.45) is 4.60. The summed E-state index contributed by atoms with van der Waals surface area (Å²) in [6.45, 7) is 0.258. The van der Waals surface area contributed by atoms with Crippen molar-refractivity contribution in [2.24, 2.45) is 5.73 Å². The van der Waals surface area contributed by atoms with Crippen molar-refractivity contribution in [3.8, 4) is 0 Å². The first kappa shape index (κ1) is 18.8. The van der Waals surface area contributed by atoms with Gasteiger partial charge >= 0.3 is 6.09 Å². The molecule has 1 aromatic heterocycles. The molecule has 0 saturated carbocycles. The zero-order valence-electron chi connectivity index (χ0n) is 13.6. The van der Waals surface area contributed by atoms with Gasteiger partial charge < -0.3 is 15.8 Å². The number of aromatic nitrogens is 1. The molecule has 0 radical (unpaired) electrons. The number of carbonyl (C=O) groups is 1. The van der Waals surface area contributed by atoms with E-state index in [1.165, 1.54) is 16.9 Å². The van der Waals surface area contributed by atoms with Crippen molar-refractivity contribution in [3.05, 3.63) is 52.5 Å². The summed E-state index contributed by atoms with van der Waals surface area (Å²) >= 11 is 1.47. The zero-order chi connectivity index (χ0) is 17.2. The summed E-state index contributed by atoms with van der Waals surface area (Å²) in [4.78, 5) is 16.7. The maximum Gasteiger partial charge on any atom is 0.407 e. The van der Waals surface area contributed by atoms with Gasteiger partial charge in [-0.05, 0) is 31.0 Å². The highest BCUT2D eigenvalue weighted by atomic mass is 32.1. The van der Waals surface area contributed by atoms with Crippen LogP contribution >= 0.6 is 20.6 Å². The van der Waals surface area contributed by atoms with Crippen LogP contribution in [0.3, 0.4) is 0 Å². The smallest absolute Gasteiger partial charge is 0.407 e. The fraction of sp³-hybridized carbons (Fsp3) is 0.412. The molecule has 0 aliphatic heterocycles. The summed E-state index contributed by atoms with van der Waals surface area (Å²) < 4.78 is 5.20. The van der Waals surface area contributed by atoms with Crippen LogP contribution in [0.25, 0.3) is 0 Å². The van der Waals surface area contributed by atoms with E-state index in [1.54, 1.807) is 11.7 Å². The van der Waals surface area contributed by atoms with Crippen LogP contribution in [0.5, 0.6) is 0 Å². The Hall–Kier alpha value is -1.49. The number of carbonyl (C=O) groups excluding carboxylic acids is 1. The van der Waals surface area contributed by atoms with Crippen LogP contribution in [-0.4, -0.2) is 29.3 Å². The SMILES string of the molecule is NC(CCC(CP)NC(=O)OCc1cncs1)Cc1ccccc1. The first-order valence-electron chi connectivity index (χ1n) is 7.97. The predicted molar refractivity (Wildman–Crippen MR) is 101 cm³/mol. The van der Waals surface area contributed by atoms with Crippen molar-refractivity contribution in [2.45, 2.75) is 38.0 Å². The van der Waals surface area contributed by atoms with E-state index in [0.717, 1.165) is 30.3 Å². The van der Waals surface area contributed by atoms with E-state index in [1.807, 2.05) is 18.2 Å². The van der Waals surface area contributed by atoms with Gasteiger partial charge in [0, 0.05) is 18.3 Å². The number of hydrogen-bond acceptors (Lipinski definition) is 5. The average Bonchev–Trinajstić information content (AvgIpc) is 3.11. The van der Waals surface area contributed by atoms with Gasteiger partial charge in [0.15, 0.2) is 0 Å². The van der Waals surface area contributed by atoms with Crippen molar-refractivity contribution < 1.29 is 9.53 Å². The first-order valence-corrected chi connectivity index (χ1v) is 9.67. The number of rotatable bonds is 9. The predicted octanol–water partition coefficient (Wildman–Crippen LogP) is 2.96. The molecule has 1 amide bonds. The minimum Gasteiger partial charge on any atom is -0.444 e. The molecule has 0 fully saturated rings. The van der Waals surface area contributed by atoms with Crippen molar-refractivity contribution in [1.82, 2.24) is 10.3 Å². The normalized spacial score (nSPS) is 13.2. The number of ether oxygens (including phenoxy) is 1. The minimum atomic E-state index is -0.396. The van der Waals surface area contributed by atoms with Gasteiger partial charge in [0.25, 0.3) is 0 Å². The summed E-state index contributed by atoms with van der Waals surface area (Å²) in [6, 6.07) is 10.3. The van der Waals surface area contributed by atoms with E-state index in [-0.39, 0.29) is 18.7 Å². The van der Waals surface area contributed by atoms with Gasteiger partial charge in [-0.1, -0.05) is 30.3 Å². The van der Waals surface area contributed by atoms with Crippen molar-refractivity contribution in [1.29, 1.82) is 0 Å². The molecule has 3 N–H and O–H groups in total. The molecule has 7 heteroatoms. The molecule has 1 aromatic carbocycles. The van der Waals surface area contributed by atoms with Crippen molar-refractivity contribution in [3.63, 3.8) is 0 Å². The Morgan fingerprint density at radius 2 is 2.12 bits per heavy atom. The highest BCUT2D eigenvalue weighted by Gasteiger charge is 2.14. The van der Waals surface area contributed by atoms with Gasteiger partial charge in [-0.3, -0.25) is 4.98 Å². The Bertz CT molecular complexity index is 595. The van der Waals surface area contributed by atoms with Crippen LogP contribution in [0.1, 0.15) is 23.3 Å². The molecule has 0 bridgehead atoms. The van der Waals surface area contributed by atoms with Gasteiger partial charge in [-0.25, -0.2) is 4.79 Å². The minimum absolute atomic E-state index is 0.0470. The molecule has 1 heterocycles. The molecule has 0 aliphatic rings. The number of nitrogens with two attached hydrogens (primary N) is 1. The van der Waals surface area contributed by atoms with E-state index in [2.05, 4.69) is 31.7 Å². The fourth-order valence-corrected chi connectivity index (χ4v) is 3.20. The quantitative estimate of drug-likeness (QED) is 0.670. The third-order valence-corrected chi connectivity index (χ3v) is 4.98. The van der Waals surface area contributed by atoms with Crippen LogP contribution < -0.4 is 11.1 Å². The van der Waals surface area contributed by atoms with Crippen molar-refractivity contribution in [2.75, 3.05) is 6.16 Å². The molecule has 3 atom stereocenters. The Labute approximate surface area is 149 Å². The molecule has 130 valence electrons. The third-order valence-electron chi connectivity index (χ3n) is 3.66. The molecule has 0 aliphatic carbocycles. The van der Waals surface area contributed by atoms with Crippen LogP contribution in [0.4, 0.5) is 4.79 Å². The van der Waals surface area contributed by atoms with E-state index < -0.39 is 6.09 Å². The van der Waals surface area contributed by atoms with Gasteiger partial charge in [0.05, 0.1) is 10.4 Å². The number of nitrogens with zero attached hydrogens (tertiary/aromatic N) is 1. The fourth-order valence-electron chi connectivity index (χ4n) is 2.34. The van der Waals surface area contributed by atoms with Gasteiger partial charge in [0.2, 0.25) is 0 Å². The molecule has 0 spiro atoms. The lowest BCUT2D eigenvalue weighted by molar-refractivity contribution is 0.137. The molecule has 3 unspecified atom stereocenters. The summed E-state index contributed by atoms with van der Waals surface area (Å²) in [5, 5.41) is 2.90. The Morgan fingerprint density at radius 1 is 1.33 bits per heavy atom. The molecule has 0 saturated heterocycles. The van der Waals surface area contributed by atoms with E-state index in [0.29, 0.717) is 0 Å². The lowest BCUT2D eigenvalue weighted by Gasteiger charge is -2.19. The first-order chi connectivity index (χ1) is 11.7. The highest BCUT2D eigenvalue weighted by molar-refractivity contribution is 7.16. The van der Waals surface area contributed by atoms with E-state index in [4.69, 9.17) is 10.5 Å². The second kappa shape index (κ2) is 10.4. The van der Waals surface area contributed by atoms with E-state index in [9.17, 15) is 4.79 Å². The summed E-state index contributed by atoms with van der Waals surface area (Å²) in [7, 11) is 2.67. The van der Waals surface area contributed by atoms with Gasteiger partial charge in [-0.2, -0.15) is 0 Å². The van der Waals surface area contributed by atoms with E-state index >= 15 is 0 Å². The molecule has 5 nitrogen and oxygen atoms in total. The van der Waals surface area contributed by atoms with Crippen LogP contribution in [0.15, 0.2) is 42.0 Å². The molecular weight excluding hydrogens is 341 g/mol. The second-order valence-corrected chi connectivity index (χ2v) is 7.09. The number of benzene rings is 1. The Morgan fingerprint density at radius 3 is 2.79 bits per heavy atom. The maximum atomic E-state index is 11.9. The standard InChI is InChI=1S/C17H24N3O2PS/c18-14(8-13-4-2-1-3-5-13)6-7-15(11-23)20-17(21)22-10-16-9-19-12-24-16/h1-5,9,12,14-15H,6-8,10-11,18,23H2,(H,20,21). The number of thiazole rings is 1. The molecule has 24 heavy (non-hydrogen) atoms. The Balaban J connectivity index is 1.68. The lowest BCUT2D eigenvalue weighted by Crippen LogP contribution is -2.37. The zero-order valence-corrected chi connectivity index (χ0v) is 15.5. The monoisotopic (exact) mass is 365 g/mol. The highest BCUT2D eigenvalue weighted by Crippen LogP contribution is 2.10. The van der Waals surface area contributed by atoms with Crippen LogP contribution in [-0.2, 0) is 17.8 Å².